The van der Waals surface area contributed by atoms with Gasteiger partial charge in [0.25, 0.3) is 0 Å². The van der Waals surface area contributed by atoms with E-state index in [0.29, 0.717) is 18.2 Å². The minimum Gasteiger partial charge on any atom is -0.341 e. The van der Waals surface area contributed by atoms with E-state index in [-0.39, 0.29) is 5.91 Å². The summed E-state index contributed by atoms with van der Waals surface area (Å²) in [5, 5.41) is 0. The molecule has 0 aromatic rings. The van der Waals surface area contributed by atoms with E-state index in [1.807, 2.05) is 16.7 Å². The lowest BCUT2D eigenvalue weighted by atomic mass is 10.3. The first-order chi connectivity index (χ1) is 8.22. The minimum absolute atomic E-state index is 0.244. The number of hydrogen-bond acceptors (Lipinski definition) is 2. The molecular weight excluding hydrogens is 216 g/mol. The van der Waals surface area contributed by atoms with Gasteiger partial charge >= 0.3 is 0 Å². The van der Waals surface area contributed by atoms with Crippen LogP contribution in [0.4, 0.5) is 0 Å². The van der Waals surface area contributed by atoms with Crippen molar-refractivity contribution in [3.05, 3.63) is 0 Å². The van der Waals surface area contributed by atoms with Crippen LogP contribution in [0.2, 0.25) is 0 Å². The number of nitrogens with zero attached hydrogens (tertiary/aromatic N) is 2. The molecule has 1 saturated heterocycles. The van der Waals surface area contributed by atoms with Crippen molar-refractivity contribution in [3.8, 4) is 0 Å². The highest BCUT2D eigenvalue weighted by Crippen LogP contribution is 2.31. The van der Waals surface area contributed by atoms with Gasteiger partial charge in [-0.2, -0.15) is 0 Å². The van der Waals surface area contributed by atoms with E-state index in [1.54, 1.807) is 0 Å². The van der Waals surface area contributed by atoms with Gasteiger partial charge in [0.1, 0.15) is 0 Å². The molecule has 2 aliphatic rings. The lowest BCUT2D eigenvalue weighted by Crippen LogP contribution is -2.37. The van der Waals surface area contributed by atoms with Crippen LogP contribution in [0.5, 0.6) is 0 Å². The second-order valence-electron chi connectivity index (χ2n) is 5.08. The summed E-state index contributed by atoms with van der Waals surface area (Å²) < 4.78 is 0. The van der Waals surface area contributed by atoms with Crippen LogP contribution in [-0.4, -0.2) is 47.8 Å². The van der Waals surface area contributed by atoms with E-state index < -0.39 is 0 Å². The van der Waals surface area contributed by atoms with Crippen LogP contribution >= 0.6 is 0 Å². The number of rotatable bonds is 3. The molecule has 4 nitrogen and oxygen atoms in total. The fourth-order valence-electron chi connectivity index (χ4n) is 2.35. The minimum atomic E-state index is 0.244. The van der Waals surface area contributed by atoms with Crippen molar-refractivity contribution >= 4 is 11.8 Å². The molecule has 0 aromatic heterocycles. The van der Waals surface area contributed by atoms with E-state index in [1.165, 1.54) is 0 Å². The SMILES string of the molecule is CCCC(=O)N1CCCN(C(=O)C2CC2)CC1. The summed E-state index contributed by atoms with van der Waals surface area (Å²) in [5.74, 6) is 0.857. The van der Waals surface area contributed by atoms with Crippen molar-refractivity contribution in [2.24, 2.45) is 5.92 Å². The third-order valence-electron chi connectivity index (χ3n) is 3.55. The van der Waals surface area contributed by atoms with E-state index in [9.17, 15) is 9.59 Å². The Hall–Kier alpha value is -1.06. The molecule has 96 valence electrons. The van der Waals surface area contributed by atoms with Crippen LogP contribution in [0.15, 0.2) is 0 Å². The summed E-state index contributed by atoms with van der Waals surface area (Å²) in [4.78, 5) is 27.6. The van der Waals surface area contributed by atoms with Gasteiger partial charge in [-0.25, -0.2) is 0 Å². The van der Waals surface area contributed by atoms with Gasteiger partial charge in [0.2, 0.25) is 11.8 Å². The molecule has 1 heterocycles. The van der Waals surface area contributed by atoms with E-state index >= 15 is 0 Å². The second-order valence-corrected chi connectivity index (χ2v) is 5.08. The average Bonchev–Trinajstić information content (AvgIpc) is 3.15. The second kappa shape index (κ2) is 5.52. The van der Waals surface area contributed by atoms with Crippen molar-refractivity contribution in [2.45, 2.75) is 39.0 Å². The molecule has 0 unspecified atom stereocenters. The third kappa shape index (κ3) is 3.20. The standard InChI is InChI=1S/C13H22N2O2/c1-2-4-12(16)14-7-3-8-15(10-9-14)13(17)11-5-6-11/h11H,2-10H2,1H3. The molecule has 4 heteroatoms. The van der Waals surface area contributed by atoms with Gasteiger partial charge in [0.05, 0.1) is 0 Å². The Labute approximate surface area is 103 Å². The quantitative estimate of drug-likeness (QED) is 0.742. The highest BCUT2D eigenvalue weighted by Gasteiger charge is 2.34. The number of carbonyl (C=O) groups excluding carboxylic acids is 2. The Morgan fingerprint density at radius 2 is 1.71 bits per heavy atom. The molecule has 1 aliphatic heterocycles. The van der Waals surface area contributed by atoms with Crippen LogP contribution < -0.4 is 0 Å². The van der Waals surface area contributed by atoms with Gasteiger partial charge < -0.3 is 9.80 Å². The van der Waals surface area contributed by atoms with Gasteiger partial charge in [-0.05, 0) is 25.7 Å². The van der Waals surface area contributed by atoms with Crippen molar-refractivity contribution in [3.63, 3.8) is 0 Å². The van der Waals surface area contributed by atoms with Gasteiger partial charge in [0.15, 0.2) is 0 Å². The maximum atomic E-state index is 11.9. The molecule has 0 N–H and O–H groups in total. The normalized spacial score (nSPS) is 21.2. The van der Waals surface area contributed by atoms with Gasteiger partial charge in [-0.15, -0.1) is 0 Å². The zero-order valence-corrected chi connectivity index (χ0v) is 10.7. The molecule has 0 spiro atoms. The maximum absolute atomic E-state index is 11.9. The molecule has 0 aromatic carbocycles. The summed E-state index contributed by atoms with van der Waals surface area (Å²) in [6.07, 6.45) is 4.59. The smallest absolute Gasteiger partial charge is 0.225 e. The molecule has 17 heavy (non-hydrogen) atoms. The monoisotopic (exact) mass is 238 g/mol. The average molecular weight is 238 g/mol. The summed E-state index contributed by atoms with van der Waals surface area (Å²) >= 11 is 0. The van der Waals surface area contributed by atoms with E-state index in [4.69, 9.17) is 0 Å². The van der Waals surface area contributed by atoms with Crippen molar-refractivity contribution in [1.82, 2.24) is 9.80 Å². The first-order valence-electron chi connectivity index (χ1n) is 6.79. The molecule has 0 radical (unpaired) electrons. The van der Waals surface area contributed by atoms with Crippen LogP contribution in [0.1, 0.15) is 39.0 Å². The fraction of sp³-hybridized carbons (Fsp3) is 0.846. The molecule has 2 amide bonds. The Kier molecular flexibility index (Phi) is 4.02. The molecule has 0 atom stereocenters. The Balaban J connectivity index is 1.84. The summed E-state index contributed by atoms with van der Waals surface area (Å²) in [6.45, 7) is 5.11. The summed E-state index contributed by atoms with van der Waals surface area (Å²) in [7, 11) is 0. The number of carbonyl (C=O) groups is 2. The van der Waals surface area contributed by atoms with Gasteiger partial charge in [-0.3, -0.25) is 9.59 Å². The zero-order chi connectivity index (χ0) is 12.3. The Morgan fingerprint density at radius 3 is 2.35 bits per heavy atom. The zero-order valence-electron chi connectivity index (χ0n) is 10.7. The predicted octanol–water partition coefficient (Wildman–Crippen LogP) is 1.26. The van der Waals surface area contributed by atoms with Gasteiger partial charge in [-0.1, -0.05) is 6.92 Å². The molecule has 1 aliphatic carbocycles. The molecule has 2 rings (SSSR count). The van der Waals surface area contributed by atoms with E-state index in [2.05, 4.69) is 0 Å². The Bertz CT molecular complexity index is 300. The summed E-state index contributed by atoms with van der Waals surface area (Å²) in [5.41, 5.74) is 0. The largest absolute Gasteiger partial charge is 0.341 e. The van der Waals surface area contributed by atoms with Crippen LogP contribution in [0, 0.1) is 5.92 Å². The van der Waals surface area contributed by atoms with Crippen LogP contribution in [0.25, 0.3) is 0 Å². The highest BCUT2D eigenvalue weighted by molar-refractivity contribution is 5.81. The predicted molar refractivity (Wildman–Crippen MR) is 65.4 cm³/mol. The highest BCUT2D eigenvalue weighted by atomic mass is 16.2. The maximum Gasteiger partial charge on any atom is 0.225 e. The molecule has 1 saturated carbocycles. The first-order valence-corrected chi connectivity index (χ1v) is 6.79. The van der Waals surface area contributed by atoms with Crippen molar-refractivity contribution < 1.29 is 9.59 Å². The van der Waals surface area contributed by atoms with Crippen LogP contribution in [-0.2, 0) is 9.59 Å². The fourth-order valence-corrected chi connectivity index (χ4v) is 2.35. The lowest BCUT2D eigenvalue weighted by Gasteiger charge is -2.22. The Morgan fingerprint density at radius 1 is 1.06 bits per heavy atom. The van der Waals surface area contributed by atoms with Gasteiger partial charge in [0, 0.05) is 38.5 Å². The van der Waals surface area contributed by atoms with Crippen molar-refractivity contribution in [2.75, 3.05) is 26.2 Å². The topological polar surface area (TPSA) is 40.6 Å². The van der Waals surface area contributed by atoms with E-state index in [0.717, 1.165) is 51.9 Å². The molecule has 0 bridgehead atoms. The molecule has 2 fully saturated rings. The molecular formula is C13H22N2O2. The first kappa shape index (κ1) is 12.4. The van der Waals surface area contributed by atoms with Crippen molar-refractivity contribution in [1.29, 1.82) is 0 Å². The third-order valence-corrected chi connectivity index (χ3v) is 3.55. The number of hydrogen-bond donors (Lipinski definition) is 0. The summed E-state index contributed by atoms with van der Waals surface area (Å²) in [6, 6.07) is 0. The lowest BCUT2D eigenvalue weighted by molar-refractivity contribution is -0.134. The van der Waals surface area contributed by atoms with Crippen LogP contribution in [0.3, 0.4) is 0 Å². The number of amides is 2.